The molecule has 0 saturated carbocycles. The molecule has 6 heteroatoms. The second-order valence-corrected chi connectivity index (χ2v) is 7.90. The minimum atomic E-state index is -0.899. The monoisotopic (exact) mass is 381 g/mol. The predicted molar refractivity (Wildman–Crippen MR) is 106 cm³/mol. The number of piperidine rings is 1. The van der Waals surface area contributed by atoms with Crippen molar-refractivity contribution < 1.29 is 14.6 Å². The van der Waals surface area contributed by atoms with Crippen LogP contribution < -0.4 is 4.74 Å². The first-order valence-electron chi connectivity index (χ1n) is 9.97. The number of hydrogen-bond acceptors (Lipinski definition) is 5. The summed E-state index contributed by atoms with van der Waals surface area (Å²) in [6, 6.07) is 6.06. The molecule has 1 saturated heterocycles. The lowest BCUT2D eigenvalue weighted by Gasteiger charge is -2.32. The van der Waals surface area contributed by atoms with Crippen LogP contribution in [-0.4, -0.2) is 46.8 Å². The smallest absolute Gasteiger partial charge is 0.228 e. The summed E-state index contributed by atoms with van der Waals surface area (Å²) in [6.45, 7) is 2.78. The van der Waals surface area contributed by atoms with Gasteiger partial charge in [0.15, 0.2) is 0 Å². The lowest BCUT2D eigenvalue weighted by atomic mass is 9.87. The van der Waals surface area contributed by atoms with E-state index in [0.717, 1.165) is 65.9 Å². The molecule has 1 fully saturated rings. The van der Waals surface area contributed by atoms with Crippen molar-refractivity contribution in [2.24, 2.45) is 5.92 Å². The summed E-state index contributed by atoms with van der Waals surface area (Å²) in [6.07, 6.45) is 3.45. The second-order valence-electron chi connectivity index (χ2n) is 7.90. The molecule has 2 aromatic rings. The molecule has 2 atom stereocenters. The lowest BCUT2D eigenvalue weighted by Crippen LogP contribution is -2.41. The van der Waals surface area contributed by atoms with E-state index in [0.29, 0.717) is 12.1 Å². The number of methoxy groups -OCH3 is 1. The van der Waals surface area contributed by atoms with Crippen LogP contribution in [-0.2, 0) is 17.6 Å². The first-order valence-corrected chi connectivity index (χ1v) is 9.97. The van der Waals surface area contributed by atoms with Crippen LogP contribution >= 0.6 is 0 Å². The number of aliphatic hydroxyl groups is 1. The molecule has 1 N–H and O–H groups in total. The van der Waals surface area contributed by atoms with Crippen molar-refractivity contribution in [2.75, 3.05) is 20.7 Å². The Labute approximate surface area is 165 Å². The summed E-state index contributed by atoms with van der Waals surface area (Å²) >= 11 is 0. The predicted octanol–water partition coefficient (Wildman–Crippen LogP) is 2.85. The third-order valence-electron chi connectivity index (χ3n) is 6.05. The molecule has 28 heavy (non-hydrogen) atoms. The quantitative estimate of drug-likeness (QED) is 0.881. The normalized spacial score (nSPS) is 20.2. The van der Waals surface area contributed by atoms with Crippen LogP contribution in [0.3, 0.4) is 0 Å². The Hall–Kier alpha value is -2.47. The molecular weight excluding hydrogens is 354 g/mol. The first-order chi connectivity index (χ1) is 13.5. The topological polar surface area (TPSA) is 75.6 Å². The molecule has 2 heterocycles. The van der Waals surface area contributed by atoms with Crippen LogP contribution in [0.2, 0.25) is 0 Å². The zero-order chi connectivity index (χ0) is 19.8. The number of aliphatic hydroxyl groups excluding tert-OH is 1. The summed E-state index contributed by atoms with van der Waals surface area (Å²) in [5, 5.41) is 20.0. The molecule has 2 aliphatic rings. The van der Waals surface area contributed by atoms with Gasteiger partial charge in [0.1, 0.15) is 17.5 Å². The maximum Gasteiger partial charge on any atom is 0.228 e. The maximum absolute atomic E-state index is 12.5. The SMILES string of the molecule is COc1cc(C)ccc1-c1nnc([C@H](O)[C@@H]2CCCN(C)C2=O)c2c1CCC2. The van der Waals surface area contributed by atoms with E-state index >= 15 is 0 Å². The molecule has 1 amide bonds. The number of ether oxygens (including phenoxy) is 1. The third-order valence-corrected chi connectivity index (χ3v) is 6.05. The highest BCUT2D eigenvalue weighted by Crippen LogP contribution is 2.40. The Bertz CT molecular complexity index is 912. The van der Waals surface area contributed by atoms with E-state index in [9.17, 15) is 9.90 Å². The van der Waals surface area contributed by atoms with E-state index < -0.39 is 12.0 Å². The summed E-state index contributed by atoms with van der Waals surface area (Å²) in [5.41, 5.74) is 5.64. The minimum Gasteiger partial charge on any atom is -0.496 e. The van der Waals surface area contributed by atoms with Crippen molar-refractivity contribution in [3.8, 4) is 17.0 Å². The highest BCUT2D eigenvalue weighted by atomic mass is 16.5. The van der Waals surface area contributed by atoms with Gasteiger partial charge in [0, 0.05) is 19.2 Å². The Balaban J connectivity index is 1.75. The number of fused-ring (bicyclic) bond motifs is 1. The Morgan fingerprint density at radius 2 is 2.00 bits per heavy atom. The van der Waals surface area contributed by atoms with Crippen LogP contribution in [0.25, 0.3) is 11.3 Å². The van der Waals surface area contributed by atoms with Gasteiger partial charge in [0.25, 0.3) is 0 Å². The van der Waals surface area contributed by atoms with E-state index in [-0.39, 0.29) is 5.91 Å². The number of hydrogen-bond donors (Lipinski definition) is 1. The largest absolute Gasteiger partial charge is 0.496 e. The maximum atomic E-state index is 12.5. The number of nitrogens with zero attached hydrogens (tertiary/aromatic N) is 3. The summed E-state index contributed by atoms with van der Waals surface area (Å²) in [5.74, 6) is 0.342. The molecule has 1 aromatic carbocycles. The number of aryl methyl sites for hydroxylation is 1. The summed E-state index contributed by atoms with van der Waals surface area (Å²) in [7, 11) is 3.46. The van der Waals surface area contributed by atoms with Crippen molar-refractivity contribution in [3.05, 3.63) is 40.6 Å². The molecule has 0 radical (unpaired) electrons. The van der Waals surface area contributed by atoms with Crippen molar-refractivity contribution in [1.82, 2.24) is 15.1 Å². The standard InChI is InChI=1S/C22H27N3O3/c1-13-9-10-16(18(12-13)28-3)19-14-6-4-7-15(14)20(24-23-19)21(26)17-8-5-11-25(2)22(17)27/h9-10,12,17,21,26H,4-8,11H2,1-3H3/t17-,21+/m0/s1. The average molecular weight is 381 g/mol. The van der Waals surface area contributed by atoms with Crippen molar-refractivity contribution >= 4 is 5.91 Å². The van der Waals surface area contributed by atoms with Gasteiger partial charge in [-0.15, -0.1) is 5.10 Å². The van der Waals surface area contributed by atoms with Crippen LogP contribution in [0, 0.1) is 12.8 Å². The van der Waals surface area contributed by atoms with Crippen LogP contribution in [0.1, 0.15) is 47.8 Å². The van der Waals surface area contributed by atoms with Gasteiger partial charge in [0.2, 0.25) is 5.91 Å². The second kappa shape index (κ2) is 7.51. The molecule has 6 nitrogen and oxygen atoms in total. The van der Waals surface area contributed by atoms with Gasteiger partial charge in [-0.25, -0.2) is 0 Å². The number of benzene rings is 1. The van der Waals surface area contributed by atoms with E-state index in [1.54, 1.807) is 19.1 Å². The number of likely N-dealkylation sites (tertiary alicyclic amines) is 1. The van der Waals surface area contributed by atoms with Crippen molar-refractivity contribution in [3.63, 3.8) is 0 Å². The van der Waals surface area contributed by atoms with Gasteiger partial charge >= 0.3 is 0 Å². The van der Waals surface area contributed by atoms with Crippen LogP contribution in [0.4, 0.5) is 0 Å². The number of carbonyl (C=O) groups excluding carboxylic acids is 1. The van der Waals surface area contributed by atoms with Crippen LogP contribution in [0.15, 0.2) is 18.2 Å². The van der Waals surface area contributed by atoms with Gasteiger partial charge in [-0.1, -0.05) is 6.07 Å². The van der Waals surface area contributed by atoms with Gasteiger partial charge in [-0.05, 0) is 67.9 Å². The lowest BCUT2D eigenvalue weighted by molar-refractivity contribution is -0.141. The molecule has 4 rings (SSSR count). The fraction of sp³-hybridized carbons (Fsp3) is 0.500. The van der Waals surface area contributed by atoms with E-state index in [4.69, 9.17) is 4.74 Å². The highest BCUT2D eigenvalue weighted by Gasteiger charge is 2.36. The first kappa shape index (κ1) is 18.9. The minimum absolute atomic E-state index is 0.00317. The summed E-state index contributed by atoms with van der Waals surface area (Å²) < 4.78 is 5.57. The molecule has 0 bridgehead atoms. The van der Waals surface area contributed by atoms with Gasteiger partial charge in [-0.2, -0.15) is 5.10 Å². The van der Waals surface area contributed by atoms with E-state index in [1.807, 2.05) is 25.1 Å². The Kier molecular flexibility index (Phi) is 5.06. The molecule has 1 aromatic heterocycles. The molecule has 1 aliphatic carbocycles. The zero-order valence-corrected chi connectivity index (χ0v) is 16.7. The highest BCUT2D eigenvalue weighted by molar-refractivity contribution is 5.80. The Morgan fingerprint density at radius 1 is 1.21 bits per heavy atom. The van der Waals surface area contributed by atoms with E-state index in [2.05, 4.69) is 10.2 Å². The molecule has 0 unspecified atom stereocenters. The average Bonchev–Trinajstić information content (AvgIpc) is 3.19. The number of carbonyl (C=O) groups is 1. The number of amides is 1. The Morgan fingerprint density at radius 3 is 2.79 bits per heavy atom. The van der Waals surface area contributed by atoms with Crippen LogP contribution in [0.5, 0.6) is 5.75 Å². The molecular formula is C22H27N3O3. The van der Waals surface area contributed by atoms with Gasteiger partial charge < -0.3 is 14.7 Å². The molecule has 1 aliphatic heterocycles. The summed E-state index contributed by atoms with van der Waals surface area (Å²) in [4.78, 5) is 14.3. The molecule has 0 spiro atoms. The number of rotatable bonds is 4. The van der Waals surface area contributed by atoms with Gasteiger partial charge in [-0.3, -0.25) is 4.79 Å². The fourth-order valence-corrected chi connectivity index (χ4v) is 4.51. The number of aromatic nitrogens is 2. The third kappa shape index (κ3) is 3.15. The van der Waals surface area contributed by atoms with Gasteiger partial charge in [0.05, 0.1) is 18.7 Å². The molecule has 148 valence electrons. The van der Waals surface area contributed by atoms with Crippen molar-refractivity contribution in [2.45, 2.75) is 45.1 Å². The zero-order valence-electron chi connectivity index (χ0n) is 16.7. The van der Waals surface area contributed by atoms with Crippen molar-refractivity contribution in [1.29, 1.82) is 0 Å². The van der Waals surface area contributed by atoms with E-state index in [1.165, 1.54) is 0 Å². The fourth-order valence-electron chi connectivity index (χ4n) is 4.51.